The monoisotopic (exact) mass is 499 g/mol. The van der Waals surface area contributed by atoms with Crippen LogP contribution in [-0.2, 0) is 24.3 Å². The minimum absolute atomic E-state index is 0.0555. The summed E-state index contributed by atoms with van der Waals surface area (Å²) in [5.41, 5.74) is 3.11. The van der Waals surface area contributed by atoms with Crippen molar-refractivity contribution < 1.29 is 0 Å². The maximum Gasteiger partial charge on any atom is 0.262 e. The quantitative estimate of drug-likeness (QED) is 0.229. The summed E-state index contributed by atoms with van der Waals surface area (Å²) in [5.74, 6) is 2.61. The SMILES string of the molecule is C=CCn1c(SCc2nnc3n(CC)c(=O)c4ccccc4n23)nnc1-c1ccc(C(C)(C)C)cc1. The van der Waals surface area contributed by atoms with Gasteiger partial charge in [0.2, 0.25) is 5.78 Å². The fraction of sp³-hybridized carbons (Fsp3) is 0.296. The van der Waals surface area contributed by atoms with Crippen molar-refractivity contribution in [3.63, 3.8) is 0 Å². The average molecular weight is 500 g/mol. The Morgan fingerprint density at radius 2 is 1.72 bits per heavy atom. The third-order valence-electron chi connectivity index (χ3n) is 6.26. The molecule has 0 unspecified atom stereocenters. The Hall–Kier alpha value is -3.72. The van der Waals surface area contributed by atoms with E-state index in [2.05, 4.69) is 76.6 Å². The first-order valence-corrected chi connectivity index (χ1v) is 13.0. The van der Waals surface area contributed by atoms with E-state index in [1.54, 1.807) is 4.57 Å². The van der Waals surface area contributed by atoms with Crippen LogP contribution >= 0.6 is 11.8 Å². The van der Waals surface area contributed by atoms with Crippen molar-refractivity contribution in [3.05, 3.63) is 82.9 Å². The molecule has 0 bridgehead atoms. The summed E-state index contributed by atoms with van der Waals surface area (Å²) in [4.78, 5) is 12.9. The van der Waals surface area contributed by atoms with Gasteiger partial charge in [-0.3, -0.25) is 18.3 Å². The summed E-state index contributed by atoms with van der Waals surface area (Å²) in [6, 6.07) is 16.1. The Bertz CT molecular complexity index is 1620. The van der Waals surface area contributed by atoms with Crippen molar-refractivity contribution in [1.29, 1.82) is 0 Å². The Morgan fingerprint density at radius 3 is 2.42 bits per heavy atom. The Labute approximate surface area is 213 Å². The molecule has 0 spiro atoms. The standard InChI is InChI=1S/C27H29N7OS/c1-6-16-33-23(18-12-14-19(15-13-18)27(3,4)5)29-31-26(33)36-17-22-28-30-25-32(7-2)24(35)20-10-8-9-11-21(20)34(22)25/h6,8-15H,1,7,16-17H2,2-5H3. The van der Waals surface area contributed by atoms with Crippen LogP contribution in [0.4, 0.5) is 0 Å². The van der Waals surface area contributed by atoms with Crippen LogP contribution in [0.2, 0.25) is 0 Å². The van der Waals surface area contributed by atoms with Gasteiger partial charge in [-0.25, -0.2) is 0 Å². The molecule has 0 radical (unpaired) electrons. The predicted octanol–water partition coefficient (Wildman–Crippen LogP) is 5.10. The number of thioether (sulfide) groups is 1. The lowest BCUT2D eigenvalue weighted by Gasteiger charge is -2.19. The van der Waals surface area contributed by atoms with E-state index in [4.69, 9.17) is 0 Å². The fourth-order valence-corrected chi connectivity index (χ4v) is 5.20. The average Bonchev–Trinajstić information content (AvgIpc) is 3.47. The van der Waals surface area contributed by atoms with Crippen LogP contribution in [0.1, 0.15) is 39.1 Å². The highest BCUT2D eigenvalue weighted by molar-refractivity contribution is 7.98. The number of para-hydroxylation sites is 1. The molecule has 0 N–H and O–H groups in total. The van der Waals surface area contributed by atoms with Crippen LogP contribution < -0.4 is 5.56 Å². The van der Waals surface area contributed by atoms with Gasteiger partial charge >= 0.3 is 0 Å². The highest BCUT2D eigenvalue weighted by atomic mass is 32.2. The lowest BCUT2D eigenvalue weighted by molar-refractivity contribution is 0.590. The maximum absolute atomic E-state index is 12.9. The van der Waals surface area contributed by atoms with Crippen LogP contribution in [0.25, 0.3) is 28.1 Å². The largest absolute Gasteiger partial charge is 0.298 e. The van der Waals surface area contributed by atoms with E-state index >= 15 is 0 Å². The number of benzene rings is 2. The molecule has 5 aromatic rings. The van der Waals surface area contributed by atoms with E-state index in [1.165, 1.54) is 17.3 Å². The van der Waals surface area contributed by atoms with Crippen LogP contribution in [0.3, 0.4) is 0 Å². The van der Waals surface area contributed by atoms with Crippen molar-refractivity contribution in [3.8, 4) is 11.4 Å². The molecule has 0 aliphatic rings. The maximum atomic E-state index is 12.9. The molecule has 9 heteroatoms. The minimum Gasteiger partial charge on any atom is -0.298 e. The van der Waals surface area contributed by atoms with Gasteiger partial charge in [0.05, 0.1) is 16.7 Å². The zero-order valence-electron chi connectivity index (χ0n) is 21.0. The number of hydrogen-bond donors (Lipinski definition) is 0. The van der Waals surface area contributed by atoms with Gasteiger partial charge in [-0.15, -0.1) is 27.0 Å². The fourth-order valence-electron chi connectivity index (χ4n) is 4.34. The van der Waals surface area contributed by atoms with Gasteiger partial charge in [0, 0.05) is 18.7 Å². The molecular weight excluding hydrogens is 470 g/mol. The summed E-state index contributed by atoms with van der Waals surface area (Å²) in [6.07, 6.45) is 1.85. The summed E-state index contributed by atoms with van der Waals surface area (Å²) in [6.45, 7) is 13.6. The first-order chi connectivity index (χ1) is 17.3. The number of rotatable bonds is 7. The zero-order chi connectivity index (χ0) is 25.4. The lowest BCUT2D eigenvalue weighted by atomic mass is 9.87. The number of hydrogen-bond acceptors (Lipinski definition) is 6. The molecule has 0 fully saturated rings. The van der Waals surface area contributed by atoms with Crippen LogP contribution in [0.5, 0.6) is 0 Å². The number of aromatic nitrogens is 7. The highest BCUT2D eigenvalue weighted by Gasteiger charge is 2.19. The first kappa shape index (κ1) is 24.0. The van der Waals surface area contributed by atoms with Gasteiger partial charge in [-0.2, -0.15) is 0 Å². The molecule has 184 valence electrons. The van der Waals surface area contributed by atoms with Crippen LogP contribution in [-0.4, -0.2) is 33.9 Å². The molecule has 0 aliphatic heterocycles. The predicted molar refractivity (Wildman–Crippen MR) is 144 cm³/mol. The van der Waals surface area contributed by atoms with Gasteiger partial charge < -0.3 is 0 Å². The third-order valence-corrected chi connectivity index (χ3v) is 7.22. The summed E-state index contributed by atoms with van der Waals surface area (Å²) < 4.78 is 5.68. The van der Waals surface area contributed by atoms with Crippen molar-refractivity contribution in [2.45, 2.75) is 57.1 Å². The van der Waals surface area contributed by atoms with E-state index in [1.807, 2.05) is 41.7 Å². The Kier molecular flexibility index (Phi) is 6.26. The van der Waals surface area contributed by atoms with E-state index in [-0.39, 0.29) is 11.0 Å². The van der Waals surface area contributed by atoms with Gasteiger partial charge in [0.15, 0.2) is 11.0 Å². The van der Waals surface area contributed by atoms with E-state index in [0.717, 1.165) is 27.9 Å². The number of nitrogens with zero attached hydrogens (tertiary/aromatic N) is 7. The molecule has 0 amide bonds. The van der Waals surface area contributed by atoms with Gasteiger partial charge in [0.1, 0.15) is 5.82 Å². The Balaban J connectivity index is 1.51. The van der Waals surface area contributed by atoms with E-state index < -0.39 is 0 Å². The smallest absolute Gasteiger partial charge is 0.262 e. The number of fused-ring (bicyclic) bond motifs is 3. The third kappa shape index (κ3) is 4.13. The second kappa shape index (κ2) is 9.39. The highest BCUT2D eigenvalue weighted by Crippen LogP contribution is 2.29. The van der Waals surface area contributed by atoms with E-state index in [0.29, 0.717) is 30.0 Å². The summed E-state index contributed by atoms with van der Waals surface area (Å²) in [5, 5.41) is 19.2. The van der Waals surface area contributed by atoms with Gasteiger partial charge in [-0.05, 0) is 30.0 Å². The lowest BCUT2D eigenvalue weighted by Crippen LogP contribution is -2.22. The molecule has 8 nitrogen and oxygen atoms in total. The minimum atomic E-state index is -0.0555. The summed E-state index contributed by atoms with van der Waals surface area (Å²) in [7, 11) is 0. The second-order valence-electron chi connectivity index (χ2n) is 9.64. The van der Waals surface area contributed by atoms with Crippen molar-refractivity contribution in [1.82, 2.24) is 33.9 Å². The zero-order valence-corrected chi connectivity index (χ0v) is 21.8. The normalized spacial score (nSPS) is 12.0. The second-order valence-corrected chi connectivity index (χ2v) is 10.6. The van der Waals surface area contributed by atoms with Gasteiger partial charge in [-0.1, -0.05) is 75.0 Å². The molecule has 3 aromatic heterocycles. The molecule has 0 saturated heterocycles. The van der Waals surface area contributed by atoms with Crippen molar-refractivity contribution in [2.75, 3.05) is 0 Å². The molecule has 2 aromatic carbocycles. The van der Waals surface area contributed by atoms with Crippen molar-refractivity contribution >= 4 is 28.4 Å². The molecule has 0 aliphatic carbocycles. The Morgan fingerprint density at radius 1 is 0.972 bits per heavy atom. The molecule has 3 heterocycles. The molecule has 0 saturated carbocycles. The number of allylic oxidation sites excluding steroid dienone is 1. The molecule has 0 atom stereocenters. The molecule has 36 heavy (non-hydrogen) atoms. The van der Waals surface area contributed by atoms with Crippen LogP contribution in [0.15, 0.2) is 71.1 Å². The van der Waals surface area contributed by atoms with Gasteiger partial charge in [0.25, 0.3) is 5.56 Å². The summed E-state index contributed by atoms with van der Waals surface area (Å²) >= 11 is 1.54. The topological polar surface area (TPSA) is 82.9 Å². The number of aryl methyl sites for hydroxylation is 1. The van der Waals surface area contributed by atoms with E-state index in [9.17, 15) is 4.79 Å². The van der Waals surface area contributed by atoms with Crippen LogP contribution in [0, 0.1) is 0 Å². The first-order valence-electron chi connectivity index (χ1n) is 12.0. The van der Waals surface area contributed by atoms with Crippen molar-refractivity contribution in [2.24, 2.45) is 0 Å². The molecular formula is C27H29N7OS. The molecule has 5 rings (SSSR count).